The smallest absolute Gasteiger partial charge is 0.341 e. The third kappa shape index (κ3) is 6.85. The second kappa shape index (κ2) is 9.93. The van der Waals surface area contributed by atoms with Crippen LogP contribution in [0.2, 0.25) is 0 Å². The molecule has 7 nitrogen and oxygen atoms in total. The van der Waals surface area contributed by atoms with Crippen molar-refractivity contribution in [1.82, 2.24) is 5.43 Å². The lowest BCUT2D eigenvalue weighted by Crippen LogP contribution is -2.24. The molecule has 0 saturated heterocycles. The Hall–Kier alpha value is -2.39. The average molecular weight is 486 g/mol. The zero-order chi connectivity index (χ0) is 18.9. The van der Waals surface area contributed by atoms with Crippen molar-refractivity contribution in [3.63, 3.8) is 0 Å². The van der Waals surface area contributed by atoms with Crippen LogP contribution in [0.5, 0.6) is 11.5 Å². The van der Waals surface area contributed by atoms with E-state index >= 15 is 0 Å². The molecule has 0 fully saturated rings. The molecule has 0 heterocycles. The Morgan fingerprint density at radius 3 is 2.58 bits per heavy atom. The molecule has 2 aromatic carbocycles. The fraction of sp³-hybridized carbons (Fsp3) is 0.118. The second-order valence-corrected chi connectivity index (χ2v) is 6.74. The van der Waals surface area contributed by atoms with E-state index in [9.17, 15) is 9.59 Å². The van der Waals surface area contributed by atoms with Crippen molar-refractivity contribution in [2.45, 2.75) is 0 Å². The van der Waals surface area contributed by atoms with E-state index in [1.807, 2.05) is 6.07 Å². The molecule has 0 bridgehead atoms. The van der Waals surface area contributed by atoms with Gasteiger partial charge in [0.1, 0.15) is 11.5 Å². The monoisotopic (exact) mass is 484 g/mol. The van der Waals surface area contributed by atoms with Crippen molar-refractivity contribution in [2.75, 3.05) is 13.2 Å². The third-order valence-electron chi connectivity index (χ3n) is 2.88. The minimum atomic E-state index is -1.09. The van der Waals surface area contributed by atoms with Crippen LogP contribution >= 0.6 is 31.9 Å². The van der Waals surface area contributed by atoms with Crippen molar-refractivity contribution >= 4 is 50.0 Å². The maximum atomic E-state index is 11.8. The minimum Gasteiger partial charge on any atom is -0.484 e. The zero-order valence-corrected chi connectivity index (χ0v) is 16.5. The first kappa shape index (κ1) is 19.9. The van der Waals surface area contributed by atoms with Crippen molar-refractivity contribution in [1.29, 1.82) is 0 Å². The molecule has 0 radical (unpaired) electrons. The number of amides is 1. The Kier molecular flexibility index (Phi) is 7.61. The molecule has 2 N–H and O–H groups in total. The lowest BCUT2D eigenvalue weighted by atomic mass is 10.2. The standard InChI is InChI=1S/C17H14Br2N2O5/c18-12-2-1-3-14(7-12)25-9-16(22)21-20-8-11-6-13(19)4-5-15(11)26-10-17(23)24/h1-8H,9-10H2,(H,21,22)(H,23,24). The normalized spacial score (nSPS) is 10.5. The summed E-state index contributed by atoms with van der Waals surface area (Å²) >= 11 is 6.62. The summed E-state index contributed by atoms with van der Waals surface area (Å²) in [5.74, 6) is -0.646. The molecule has 136 valence electrons. The molecule has 0 aliphatic carbocycles. The van der Waals surface area contributed by atoms with Gasteiger partial charge in [-0.05, 0) is 36.4 Å². The molecule has 0 aliphatic rings. The maximum Gasteiger partial charge on any atom is 0.341 e. The van der Waals surface area contributed by atoms with Crippen molar-refractivity contribution in [3.8, 4) is 11.5 Å². The van der Waals surface area contributed by atoms with Crippen LogP contribution in [0.15, 0.2) is 56.5 Å². The van der Waals surface area contributed by atoms with Gasteiger partial charge in [0, 0.05) is 14.5 Å². The lowest BCUT2D eigenvalue weighted by Gasteiger charge is -2.07. The van der Waals surface area contributed by atoms with Gasteiger partial charge in [-0.15, -0.1) is 0 Å². The largest absolute Gasteiger partial charge is 0.484 e. The number of hydrogen-bond donors (Lipinski definition) is 2. The van der Waals surface area contributed by atoms with Crippen molar-refractivity contribution < 1.29 is 24.2 Å². The highest BCUT2D eigenvalue weighted by atomic mass is 79.9. The van der Waals surface area contributed by atoms with Gasteiger partial charge >= 0.3 is 5.97 Å². The number of ether oxygens (including phenoxy) is 2. The van der Waals surface area contributed by atoms with Crippen LogP contribution in [0.25, 0.3) is 0 Å². The van der Waals surface area contributed by atoms with Gasteiger partial charge in [-0.3, -0.25) is 4.79 Å². The summed E-state index contributed by atoms with van der Waals surface area (Å²) in [4.78, 5) is 22.4. The summed E-state index contributed by atoms with van der Waals surface area (Å²) in [5, 5.41) is 12.5. The molecular weight excluding hydrogens is 472 g/mol. The highest BCUT2D eigenvalue weighted by Gasteiger charge is 2.06. The first-order chi connectivity index (χ1) is 12.4. The summed E-state index contributed by atoms with van der Waals surface area (Å²) in [7, 11) is 0. The quantitative estimate of drug-likeness (QED) is 0.442. The van der Waals surface area contributed by atoms with Gasteiger partial charge in [-0.25, -0.2) is 10.2 Å². The van der Waals surface area contributed by atoms with E-state index in [0.717, 1.165) is 8.95 Å². The first-order valence-corrected chi connectivity index (χ1v) is 8.87. The van der Waals surface area contributed by atoms with Crippen LogP contribution in [0.3, 0.4) is 0 Å². The summed E-state index contributed by atoms with van der Waals surface area (Å²) in [6.45, 7) is -0.677. The van der Waals surface area contributed by atoms with Crippen molar-refractivity contribution in [3.05, 3.63) is 57.0 Å². The molecule has 9 heteroatoms. The number of nitrogens with zero attached hydrogens (tertiary/aromatic N) is 1. The minimum absolute atomic E-state index is 0.200. The van der Waals surface area contributed by atoms with E-state index < -0.39 is 18.5 Å². The molecule has 0 unspecified atom stereocenters. The summed E-state index contributed by atoms with van der Waals surface area (Å²) in [5.41, 5.74) is 2.84. The molecule has 2 aromatic rings. The van der Waals surface area contributed by atoms with Crippen molar-refractivity contribution in [2.24, 2.45) is 5.10 Å². The number of rotatable bonds is 8. The maximum absolute atomic E-state index is 11.8. The van der Waals surface area contributed by atoms with Crippen LogP contribution in [0.4, 0.5) is 0 Å². The molecule has 0 atom stereocenters. The second-order valence-electron chi connectivity index (χ2n) is 4.90. The first-order valence-electron chi connectivity index (χ1n) is 7.28. The third-order valence-corrected chi connectivity index (χ3v) is 3.87. The molecule has 0 spiro atoms. The predicted octanol–water partition coefficient (Wildman–Crippen LogP) is 3.20. The number of hydrogen-bond acceptors (Lipinski definition) is 5. The molecule has 2 rings (SSSR count). The van der Waals surface area contributed by atoms with Gasteiger partial charge in [-0.1, -0.05) is 37.9 Å². The zero-order valence-electron chi connectivity index (χ0n) is 13.3. The van der Waals surface area contributed by atoms with Crippen LogP contribution in [-0.2, 0) is 9.59 Å². The number of halogens is 2. The average Bonchev–Trinajstić information content (AvgIpc) is 2.59. The van der Waals surface area contributed by atoms with E-state index in [1.54, 1.807) is 36.4 Å². The molecule has 26 heavy (non-hydrogen) atoms. The molecule has 0 aliphatic heterocycles. The van der Waals surface area contributed by atoms with Gasteiger partial charge in [0.2, 0.25) is 0 Å². The number of carboxylic acid groups (broad SMARTS) is 1. The van der Waals surface area contributed by atoms with Crippen LogP contribution in [-0.4, -0.2) is 36.4 Å². The Balaban J connectivity index is 1.91. The Bertz CT molecular complexity index is 827. The topological polar surface area (TPSA) is 97.2 Å². The number of aliphatic carboxylic acids is 1. The highest BCUT2D eigenvalue weighted by molar-refractivity contribution is 9.10. The fourth-order valence-electron chi connectivity index (χ4n) is 1.80. The SMILES string of the molecule is O=C(O)COc1ccc(Br)cc1C=NNC(=O)COc1cccc(Br)c1. The molecular formula is C17H14Br2N2O5. The van der Waals surface area contributed by atoms with E-state index in [2.05, 4.69) is 42.4 Å². The fourth-order valence-corrected chi connectivity index (χ4v) is 2.56. The van der Waals surface area contributed by atoms with Gasteiger partial charge in [0.25, 0.3) is 5.91 Å². The molecule has 1 amide bonds. The van der Waals surface area contributed by atoms with E-state index in [1.165, 1.54) is 6.21 Å². The molecule has 0 saturated carbocycles. The Morgan fingerprint density at radius 1 is 1.08 bits per heavy atom. The summed E-state index contributed by atoms with van der Waals surface area (Å²) in [6, 6.07) is 12.1. The number of carboxylic acids is 1. The Morgan fingerprint density at radius 2 is 1.85 bits per heavy atom. The summed E-state index contributed by atoms with van der Waals surface area (Å²) in [6.07, 6.45) is 1.36. The number of hydrazone groups is 1. The number of carbonyl (C=O) groups excluding carboxylic acids is 1. The summed E-state index contributed by atoms with van der Waals surface area (Å²) < 4.78 is 12.1. The van der Waals surface area contributed by atoms with Crippen LogP contribution in [0.1, 0.15) is 5.56 Å². The van der Waals surface area contributed by atoms with Gasteiger partial charge < -0.3 is 14.6 Å². The van der Waals surface area contributed by atoms with E-state index in [0.29, 0.717) is 17.1 Å². The van der Waals surface area contributed by atoms with Crippen LogP contribution in [0, 0.1) is 0 Å². The van der Waals surface area contributed by atoms with E-state index in [-0.39, 0.29) is 6.61 Å². The highest BCUT2D eigenvalue weighted by Crippen LogP contribution is 2.22. The number of benzene rings is 2. The Labute approximate surface area is 166 Å². The van der Waals surface area contributed by atoms with Crippen LogP contribution < -0.4 is 14.9 Å². The van der Waals surface area contributed by atoms with Gasteiger partial charge in [-0.2, -0.15) is 5.10 Å². The number of carbonyl (C=O) groups is 2. The van der Waals surface area contributed by atoms with E-state index in [4.69, 9.17) is 14.6 Å². The van der Waals surface area contributed by atoms with Gasteiger partial charge in [0.05, 0.1) is 6.21 Å². The predicted molar refractivity (Wildman–Crippen MR) is 103 cm³/mol. The lowest BCUT2D eigenvalue weighted by molar-refractivity contribution is -0.139. The number of nitrogens with one attached hydrogen (secondary N) is 1. The molecule has 0 aromatic heterocycles. The van der Waals surface area contributed by atoms with Gasteiger partial charge in [0.15, 0.2) is 13.2 Å².